The Morgan fingerprint density at radius 1 is 1.02 bits per heavy atom. The Morgan fingerprint density at radius 3 is 2.32 bits per heavy atom. The van der Waals surface area contributed by atoms with Gasteiger partial charge in [-0.2, -0.15) is 4.31 Å². The first-order valence-corrected chi connectivity index (χ1v) is 15.1. The van der Waals surface area contributed by atoms with E-state index in [0.29, 0.717) is 5.69 Å². The molecule has 10 heteroatoms. The topological polar surface area (TPSA) is 116 Å². The molecule has 218 valence electrons. The minimum absolute atomic E-state index is 0.00850. The van der Waals surface area contributed by atoms with Gasteiger partial charge in [0.1, 0.15) is 0 Å². The van der Waals surface area contributed by atoms with Crippen LogP contribution in [0.1, 0.15) is 25.0 Å². The first-order valence-electron chi connectivity index (χ1n) is 13.7. The van der Waals surface area contributed by atoms with E-state index in [1.807, 2.05) is 63.2 Å². The highest BCUT2D eigenvalue weighted by Crippen LogP contribution is 2.23. The molecule has 0 unspecified atom stereocenters. The molecule has 1 aliphatic heterocycles. The quantitative estimate of drug-likeness (QED) is 0.338. The molecular formula is C31H37N3O6S. The standard InChI is InChI=1S/C31H37N3O6S/c1-22(2)19-33(41(38,39)26-16-10-11-23(3)17-26)20-28(35)27(18-24-12-6-4-7-13-24)32-30(36)29-21-34(31(37)40-29)25-14-8-5-9-15-25/h4-17,22,27-29,35H,18-21H2,1-3H3,(H,32,36)/t27-,28+,29-/m0/s1. The molecule has 0 aliphatic carbocycles. The number of aliphatic hydroxyl groups is 1. The lowest BCUT2D eigenvalue weighted by Gasteiger charge is -2.31. The predicted molar refractivity (Wildman–Crippen MR) is 157 cm³/mol. The lowest BCUT2D eigenvalue weighted by Crippen LogP contribution is -2.53. The van der Waals surface area contributed by atoms with E-state index in [9.17, 15) is 23.1 Å². The second-order valence-electron chi connectivity index (χ2n) is 10.7. The van der Waals surface area contributed by atoms with Crippen LogP contribution in [0, 0.1) is 12.8 Å². The molecule has 4 rings (SSSR count). The number of nitrogens with zero attached hydrogens (tertiary/aromatic N) is 2. The molecule has 1 fully saturated rings. The van der Waals surface area contributed by atoms with Crippen molar-refractivity contribution >= 4 is 27.7 Å². The van der Waals surface area contributed by atoms with Crippen LogP contribution in [-0.4, -0.2) is 67.7 Å². The van der Waals surface area contributed by atoms with E-state index < -0.39 is 40.3 Å². The van der Waals surface area contributed by atoms with Crippen LogP contribution in [0.25, 0.3) is 0 Å². The molecule has 3 aromatic rings. The number of carbonyl (C=O) groups is 2. The van der Waals surface area contributed by atoms with Crippen molar-refractivity contribution in [2.24, 2.45) is 5.92 Å². The highest BCUT2D eigenvalue weighted by Gasteiger charge is 2.39. The van der Waals surface area contributed by atoms with Crippen LogP contribution in [0.4, 0.5) is 10.5 Å². The molecule has 0 radical (unpaired) electrons. The number of anilines is 1. The van der Waals surface area contributed by atoms with Gasteiger partial charge in [0.15, 0.2) is 6.10 Å². The Balaban J connectivity index is 1.55. The smallest absolute Gasteiger partial charge is 0.415 e. The molecule has 1 aliphatic rings. The third-order valence-electron chi connectivity index (χ3n) is 6.85. The minimum atomic E-state index is -3.92. The third kappa shape index (κ3) is 7.72. The molecule has 3 aromatic carbocycles. The average molecular weight is 580 g/mol. The number of cyclic esters (lactones) is 1. The number of rotatable bonds is 12. The van der Waals surface area contributed by atoms with Gasteiger partial charge < -0.3 is 15.2 Å². The highest BCUT2D eigenvalue weighted by atomic mass is 32.2. The third-order valence-corrected chi connectivity index (χ3v) is 8.68. The minimum Gasteiger partial charge on any atom is -0.434 e. The fraction of sp³-hybridized carbons (Fsp3) is 0.355. The van der Waals surface area contributed by atoms with Crippen LogP contribution < -0.4 is 10.2 Å². The fourth-order valence-electron chi connectivity index (χ4n) is 4.78. The van der Waals surface area contributed by atoms with Gasteiger partial charge >= 0.3 is 6.09 Å². The van der Waals surface area contributed by atoms with Crippen LogP contribution in [-0.2, 0) is 26.0 Å². The van der Waals surface area contributed by atoms with Crippen LogP contribution >= 0.6 is 0 Å². The van der Waals surface area contributed by atoms with Crippen molar-refractivity contribution in [1.29, 1.82) is 0 Å². The maximum atomic E-state index is 13.6. The Hall–Kier alpha value is -3.73. The zero-order valence-electron chi connectivity index (χ0n) is 23.5. The van der Waals surface area contributed by atoms with Crippen molar-refractivity contribution in [3.8, 4) is 0 Å². The molecule has 0 bridgehead atoms. The molecule has 2 N–H and O–H groups in total. The van der Waals surface area contributed by atoms with Gasteiger partial charge in [0.05, 0.1) is 23.6 Å². The summed E-state index contributed by atoms with van der Waals surface area (Å²) in [4.78, 5) is 27.4. The van der Waals surface area contributed by atoms with Crippen LogP contribution in [0.5, 0.6) is 0 Å². The number of aliphatic hydroxyl groups excluding tert-OH is 1. The Bertz CT molecular complexity index is 1430. The SMILES string of the molecule is Cc1cccc(S(=O)(=O)N(CC(C)C)C[C@@H](O)[C@H](Cc2ccccc2)NC(=O)[C@@H]2CN(c3ccccc3)C(=O)O2)c1. The lowest BCUT2D eigenvalue weighted by atomic mass is 10.0. The molecule has 9 nitrogen and oxygen atoms in total. The molecular weight excluding hydrogens is 542 g/mol. The van der Waals surface area contributed by atoms with Gasteiger partial charge in [-0.25, -0.2) is 13.2 Å². The molecule has 0 saturated carbocycles. The summed E-state index contributed by atoms with van der Waals surface area (Å²) in [5.74, 6) is -0.570. The van der Waals surface area contributed by atoms with Gasteiger partial charge in [0.25, 0.3) is 5.91 Å². The van der Waals surface area contributed by atoms with Gasteiger partial charge in [0.2, 0.25) is 10.0 Å². The van der Waals surface area contributed by atoms with Crippen LogP contribution in [0.3, 0.4) is 0 Å². The summed E-state index contributed by atoms with van der Waals surface area (Å²) in [7, 11) is -3.92. The number of aryl methyl sites for hydroxylation is 1. The molecule has 41 heavy (non-hydrogen) atoms. The van der Waals surface area contributed by atoms with Gasteiger partial charge in [-0.3, -0.25) is 9.69 Å². The number of hydrogen-bond donors (Lipinski definition) is 2. The molecule has 0 spiro atoms. The van der Waals surface area contributed by atoms with Crippen molar-refractivity contribution in [3.05, 3.63) is 96.1 Å². The Labute approximate surface area is 241 Å². The monoisotopic (exact) mass is 579 g/mol. The van der Waals surface area contributed by atoms with E-state index in [4.69, 9.17) is 4.74 Å². The normalized spacial score (nSPS) is 17.0. The first-order chi connectivity index (χ1) is 19.5. The molecule has 2 amide bonds. The van der Waals surface area contributed by atoms with E-state index in [1.165, 1.54) is 15.3 Å². The summed E-state index contributed by atoms with van der Waals surface area (Å²) in [6.45, 7) is 5.60. The summed E-state index contributed by atoms with van der Waals surface area (Å²) in [5, 5.41) is 14.3. The second kappa shape index (κ2) is 13.3. The number of carbonyl (C=O) groups excluding carboxylic acids is 2. The number of benzene rings is 3. The van der Waals surface area contributed by atoms with E-state index >= 15 is 0 Å². The summed E-state index contributed by atoms with van der Waals surface area (Å²) >= 11 is 0. The molecule has 1 heterocycles. The zero-order chi connectivity index (χ0) is 29.6. The maximum absolute atomic E-state index is 13.6. The predicted octanol–water partition coefficient (Wildman–Crippen LogP) is 3.76. The second-order valence-corrected chi connectivity index (χ2v) is 12.7. The number of nitrogens with one attached hydrogen (secondary N) is 1. The Kier molecular flexibility index (Phi) is 9.80. The van der Waals surface area contributed by atoms with Crippen molar-refractivity contribution in [1.82, 2.24) is 9.62 Å². The van der Waals surface area contributed by atoms with Gasteiger partial charge in [-0.15, -0.1) is 0 Å². The van der Waals surface area contributed by atoms with Crippen molar-refractivity contribution in [2.45, 2.75) is 50.3 Å². The maximum Gasteiger partial charge on any atom is 0.415 e. The van der Waals surface area contributed by atoms with E-state index in [-0.39, 0.29) is 36.9 Å². The summed E-state index contributed by atoms with van der Waals surface area (Å²) < 4.78 is 33.9. The van der Waals surface area contributed by atoms with E-state index in [1.54, 1.807) is 36.4 Å². The van der Waals surface area contributed by atoms with E-state index in [0.717, 1.165) is 11.1 Å². The average Bonchev–Trinajstić information content (AvgIpc) is 3.34. The van der Waals surface area contributed by atoms with Gasteiger partial charge in [-0.1, -0.05) is 74.5 Å². The number of hydrogen-bond acceptors (Lipinski definition) is 6. The number of para-hydroxylation sites is 1. The lowest BCUT2D eigenvalue weighted by molar-refractivity contribution is -0.129. The van der Waals surface area contributed by atoms with Crippen molar-refractivity contribution in [3.63, 3.8) is 0 Å². The van der Waals surface area contributed by atoms with Crippen LogP contribution in [0.15, 0.2) is 89.8 Å². The molecule has 0 aromatic heterocycles. The Morgan fingerprint density at radius 2 is 1.68 bits per heavy atom. The number of amides is 2. The first kappa shape index (κ1) is 30.2. The van der Waals surface area contributed by atoms with Gasteiger partial charge in [-0.05, 0) is 54.7 Å². The number of ether oxygens (including phenoxy) is 1. The fourth-order valence-corrected chi connectivity index (χ4v) is 6.51. The van der Waals surface area contributed by atoms with Crippen LogP contribution in [0.2, 0.25) is 0 Å². The van der Waals surface area contributed by atoms with Crippen molar-refractivity contribution < 1.29 is 27.9 Å². The van der Waals surface area contributed by atoms with E-state index in [2.05, 4.69) is 5.32 Å². The molecule has 3 atom stereocenters. The summed E-state index contributed by atoms with van der Waals surface area (Å²) in [6, 6.07) is 24.0. The highest BCUT2D eigenvalue weighted by molar-refractivity contribution is 7.89. The number of sulfonamides is 1. The largest absolute Gasteiger partial charge is 0.434 e. The molecule has 1 saturated heterocycles. The van der Waals surface area contributed by atoms with Crippen molar-refractivity contribution in [2.75, 3.05) is 24.5 Å². The zero-order valence-corrected chi connectivity index (χ0v) is 24.3. The van der Waals surface area contributed by atoms with Gasteiger partial charge in [0, 0.05) is 18.8 Å². The summed E-state index contributed by atoms with van der Waals surface area (Å²) in [6.07, 6.45) is -2.73. The summed E-state index contributed by atoms with van der Waals surface area (Å²) in [5.41, 5.74) is 2.27.